The van der Waals surface area contributed by atoms with Gasteiger partial charge in [0, 0.05) is 0 Å². The molecular weight excluding hydrogens is 302 g/mol. The molecule has 25 heavy (non-hydrogen) atoms. The maximum Gasteiger partial charge on any atom is 0.0998 e. The van der Waals surface area contributed by atoms with Gasteiger partial charge in [0.1, 0.15) is 0 Å². The van der Waals surface area contributed by atoms with E-state index in [1.807, 2.05) is 30.3 Å². The van der Waals surface area contributed by atoms with Gasteiger partial charge in [-0.2, -0.15) is 5.26 Å². The molecule has 0 unspecified atom stereocenters. The van der Waals surface area contributed by atoms with Crippen LogP contribution in [0, 0.1) is 17.2 Å². The van der Waals surface area contributed by atoms with Crippen LogP contribution >= 0.6 is 0 Å². The van der Waals surface area contributed by atoms with E-state index in [1.165, 1.54) is 44.1 Å². The molecule has 0 aromatic heterocycles. The van der Waals surface area contributed by atoms with Crippen molar-refractivity contribution in [2.75, 3.05) is 0 Å². The van der Waals surface area contributed by atoms with Crippen LogP contribution in [0.1, 0.15) is 62.0 Å². The fourth-order valence-electron chi connectivity index (χ4n) is 4.10. The molecule has 128 valence electrons. The van der Waals surface area contributed by atoms with Crippen LogP contribution in [0.4, 0.5) is 0 Å². The minimum Gasteiger partial charge on any atom is -0.192 e. The van der Waals surface area contributed by atoms with Crippen LogP contribution in [0.15, 0.2) is 61.2 Å². The molecule has 1 aliphatic rings. The molecule has 2 aromatic carbocycles. The first-order valence-corrected chi connectivity index (χ1v) is 9.52. The fraction of sp³-hybridized carbons (Fsp3) is 0.375. The molecule has 0 aliphatic heterocycles. The van der Waals surface area contributed by atoms with Gasteiger partial charge in [-0.3, -0.25) is 0 Å². The minimum atomic E-state index is 0.705. The summed E-state index contributed by atoms with van der Waals surface area (Å²) in [4.78, 5) is 0. The van der Waals surface area contributed by atoms with Crippen molar-refractivity contribution in [1.82, 2.24) is 0 Å². The third kappa shape index (κ3) is 4.40. The van der Waals surface area contributed by atoms with E-state index >= 15 is 0 Å². The van der Waals surface area contributed by atoms with Crippen LogP contribution in [0.25, 0.3) is 11.1 Å². The summed E-state index contributed by atoms with van der Waals surface area (Å²) < 4.78 is 0. The summed E-state index contributed by atoms with van der Waals surface area (Å²) in [5, 5.41) is 9.28. The Kier molecular flexibility index (Phi) is 6.07. The van der Waals surface area contributed by atoms with Gasteiger partial charge in [-0.25, -0.2) is 0 Å². The second-order valence-electron chi connectivity index (χ2n) is 7.22. The number of rotatable bonds is 6. The lowest BCUT2D eigenvalue weighted by Gasteiger charge is -2.29. The summed E-state index contributed by atoms with van der Waals surface area (Å²) in [6.07, 6.45) is 11.2. The van der Waals surface area contributed by atoms with Gasteiger partial charge in [0.05, 0.1) is 11.6 Å². The Bertz CT molecular complexity index is 727. The molecule has 0 amide bonds. The molecule has 1 nitrogen and oxygen atoms in total. The first kappa shape index (κ1) is 17.5. The van der Waals surface area contributed by atoms with Crippen LogP contribution in [-0.4, -0.2) is 0 Å². The van der Waals surface area contributed by atoms with E-state index in [2.05, 4.69) is 36.9 Å². The van der Waals surface area contributed by atoms with Crippen molar-refractivity contribution in [2.45, 2.75) is 50.9 Å². The van der Waals surface area contributed by atoms with E-state index in [4.69, 9.17) is 0 Å². The van der Waals surface area contributed by atoms with Crippen molar-refractivity contribution < 1.29 is 0 Å². The molecule has 0 atom stereocenters. The highest BCUT2D eigenvalue weighted by Gasteiger charge is 2.22. The number of hydrogen-bond acceptors (Lipinski definition) is 1. The maximum absolute atomic E-state index is 9.28. The van der Waals surface area contributed by atoms with Gasteiger partial charge in [0.15, 0.2) is 0 Å². The Morgan fingerprint density at radius 3 is 2.40 bits per heavy atom. The number of hydrogen-bond donors (Lipinski definition) is 0. The Morgan fingerprint density at radius 1 is 1.00 bits per heavy atom. The summed E-state index contributed by atoms with van der Waals surface area (Å²) in [7, 11) is 0. The summed E-state index contributed by atoms with van der Waals surface area (Å²) in [6.45, 7) is 3.82. The second kappa shape index (κ2) is 8.67. The average Bonchev–Trinajstić information content (AvgIpc) is 2.69. The van der Waals surface area contributed by atoms with Crippen LogP contribution in [0.2, 0.25) is 0 Å². The lowest BCUT2D eigenvalue weighted by Crippen LogP contribution is -2.13. The van der Waals surface area contributed by atoms with Gasteiger partial charge in [-0.05, 0) is 73.1 Å². The highest BCUT2D eigenvalue weighted by atomic mass is 14.3. The molecule has 0 radical (unpaired) electrons. The molecule has 0 saturated heterocycles. The summed E-state index contributed by atoms with van der Waals surface area (Å²) in [6, 6.07) is 19.0. The maximum atomic E-state index is 9.28. The highest BCUT2D eigenvalue weighted by molar-refractivity contribution is 5.70. The zero-order valence-corrected chi connectivity index (χ0v) is 15.0. The number of allylic oxidation sites excluding steroid dienone is 1. The third-order valence-electron chi connectivity index (χ3n) is 5.61. The molecule has 1 aliphatic carbocycles. The number of nitrogens with zero attached hydrogens (tertiary/aromatic N) is 1. The quantitative estimate of drug-likeness (QED) is 0.419. The number of benzene rings is 2. The molecule has 3 rings (SSSR count). The Hall–Kier alpha value is -2.33. The smallest absolute Gasteiger partial charge is 0.0998 e. The van der Waals surface area contributed by atoms with Crippen molar-refractivity contribution in [1.29, 1.82) is 5.26 Å². The van der Waals surface area contributed by atoms with Gasteiger partial charge < -0.3 is 0 Å². The van der Waals surface area contributed by atoms with Crippen molar-refractivity contribution in [3.05, 3.63) is 72.3 Å². The first-order chi connectivity index (χ1) is 12.3. The first-order valence-electron chi connectivity index (χ1n) is 9.52. The van der Waals surface area contributed by atoms with E-state index < -0.39 is 0 Å². The van der Waals surface area contributed by atoms with Crippen LogP contribution in [0.3, 0.4) is 0 Å². The summed E-state index contributed by atoms with van der Waals surface area (Å²) in [5.41, 5.74) is 4.37. The van der Waals surface area contributed by atoms with Crippen molar-refractivity contribution in [3.8, 4) is 17.2 Å². The van der Waals surface area contributed by atoms with Crippen molar-refractivity contribution in [2.24, 2.45) is 5.92 Å². The topological polar surface area (TPSA) is 23.8 Å². The Balaban J connectivity index is 1.62. The second-order valence-corrected chi connectivity index (χ2v) is 7.22. The number of unbranched alkanes of at least 4 members (excludes halogenated alkanes) is 1. The molecule has 0 heterocycles. The molecular formula is C24H27N. The molecule has 1 saturated carbocycles. The van der Waals surface area contributed by atoms with E-state index in [0.717, 1.165) is 29.0 Å². The minimum absolute atomic E-state index is 0.705. The predicted octanol–water partition coefficient (Wildman–Crippen LogP) is 6.86. The predicted molar refractivity (Wildman–Crippen MR) is 105 cm³/mol. The molecule has 0 N–H and O–H groups in total. The summed E-state index contributed by atoms with van der Waals surface area (Å²) >= 11 is 0. The van der Waals surface area contributed by atoms with Gasteiger partial charge in [-0.1, -0.05) is 55.0 Å². The van der Waals surface area contributed by atoms with Gasteiger partial charge in [0.25, 0.3) is 0 Å². The summed E-state index contributed by atoms with van der Waals surface area (Å²) in [5.74, 6) is 1.62. The van der Waals surface area contributed by atoms with Crippen molar-refractivity contribution >= 4 is 0 Å². The van der Waals surface area contributed by atoms with E-state index in [0.29, 0.717) is 5.92 Å². The highest BCUT2D eigenvalue weighted by Crippen LogP contribution is 2.38. The van der Waals surface area contributed by atoms with Crippen LogP contribution < -0.4 is 0 Å². The fourth-order valence-corrected chi connectivity index (χ4v) is 4.10. The van der Waals surface area contributed by atoms with E-state index in [1.54, 1.807) is 0 Å². The molecule has 1 fully saturated rings. The zero-order valence-electron chi connectivity index (χ0n) is 15.0. The molecule has 0 bridgehead atoms. The van der Waals surface area contributed by atoms with Crippen LogP contribution in [0.5, 0.6) is 0 Å². The van der Waals surface area contributed by atoms with Gasteiger partial charge in [-0.15, -0.1) is 6.58 Å². The average molecular weight is 329 g/mol. The van der Waals surface area contributed by atoms with Crippen LogP contribution in [-0.2, 0) is 0 Å². The van der Waals surface area contributed by atoms with Gasteiger partial charge >= 0.3 is 0 Å². The SMILES string of the molecule is C=CCCC[C@H]1CC[C@H](c2ccc(-c3ccccc3C#N)cc2)CC1. The monoisotopic (exact) mass is 329 g/mol. The normalized spacial score (nSPS) is 20.0. The molecule has 1 heteroatoms. The Morgan fingerprint density at radius 2 is 1.72 bits per heavy atom. The Labute approximate surface area is 152 Å². The molecule has 2 aromatic rings. The largest absolute Gasteiger partial charge is 0.192 e. The van der Waals surface area contributed by atoms with E-state index in [9.17, 15) is 5.26 Å². The lowest BCUT2D eigenvalue weighted by atomic mass is 9.77. The van der Waals surface area contributed by atoms with Gasteiger partial charge in [0.2, 0.25) is 0 Å². The van der Waals surface area contributed by atoms with Crippen molar-refractivity contribution in [3.63, 3.8) is 0 Å². The lowest BCUT2D eigenvalue weighted by molar-refractivity contribution is 0.306. The standard InChI is InChI=1S/C24H27N/c1-2-3-4-7-19-10-12-20(13-11-19)21-14-16-22(17-15-21)24-9-6-5-8-23(24)18-25/h2,5-6,8-9,14-17,19-20H,1,3-4,7,10-13H2/t19-,20-. The van der Waals surface area contributed by atoms with E-state index in [-0.39, 0.29) is 0 Å². The zero-order chi connectivity index (χ0) is 17.5. The molecule has 0 spiro atoms. The third-order valence-corrected chi connectivity index (χ3v) is 5.61. The number of nitriles is 1.